The summed E-state index contributed by atoms with van der Waals surface area (Å²) in [6, 6.07) is 52.1. The molecule has 8 aromatic rings. The number of benzene rings is 6. The summed E-state index contributed by atoms with van der Waals surface area (Å²) in [5.41, 5.74) is 12.7. The summed E-state index contributed by atoms with van der Waals surface area (Å²) in [6.07, 6.45) is 1.91. The van der Waals surface area contributed by atoms with Crippen LogP contribution < -0.4 is 15.0 Å². The molecule has 5 nitrogen and oxygen atoms in total. The van der Waals surface area contributed by atoms with Crippen molar-refractivity contribution in [2.75, 3.05) is 10.2 Å². The molecule has 8 rings (SSSR count). The van der Waals surface area contributed by atoms with Gasteiger partial charge in [-0.05, 0) is 91.3 Å². The second-order valence-corrected chi connectivity index (χ2v) is 21.0. The maximum absolute atomic E-state index is 6.65. The average Bonchev–Trinajstić information content (AvgIpc) is 3.55. The predicted molar refractivity (Wildman–Crippen MR) is 267 cm³/mol. The van der Waals surface area contributed by atoms with Gasteiger partial charge in [0, 0.05) is 61.2 Å². The van der Waals surface area contributed by atoms with Gasteiger partial charge in [0.05, 0.1) is 5.69 Å². The van der Waals surface area contributed by atoms with Crippen molar-refractivity contribution in [1.29, 1.82) is 0 Å². The summed E-state index contributed by atoms with van der Waals surface area (Å²) in [7, 11) is 4.62. The second kappa shape index (κ2) is 17.4. The Morgan fingerprint density at radius 2 is 1.20 bits per heavy atom. The summed E-state index contributed by atoms with van der Waals surface area (Å²) in [4.78, 5) is 6.84. The maximum atomic E-state index is 6.65. The molecule has 0 aliphatic heterocycles. The molecule has 0 radical (unpaired) electrons. The van der Waals surface area contributed by atoms with Crippen molar-refractivity contribution in [3.05, 3.63) is 175 Å². The zero-order valence-corrected chi connectivity index (χ0v) is 41.7. The minimum Gasteiger partial charge on any atom is -0.515 e. The Morgan fingerprint density at radius 3 is 1.86 bits per heavy atom. The van der Waals surface area contributed by atoms with E-state index in [9.17, 15) is 0 Å². The van der Waals surface area contributed by atoms with E-state index in [0.717, 1.165) is 61.5 Å². The molecule has 0 unspecified atom stereocenters. The fraction of sp³-hybridized carbons (Fsp3) is 0.276. The standard InChI is InChI=1S/C58H61N4O.Pt/c1-55(2,3)39-25-28-50-49(34-39)48-27-26-46(37-52(48)62(50)53-35-40(29-30-59-53)56(4,5)6)63-45-22-17-21-44(36-45)61(13)51-24-18-23-47(38-19-15-14-16-20-38)54(51)60-43-32-41(57(7,8)9)31-42(33-43)58(10,11)12;/h14-35,60H,13H2,1-12H3;/q-3;. The molecule has 0 spiro atoms. The van der Waals surface area contributed by atoms with Gasteiger partial charge in [-0.15, -0.1) is 41.4 Å². The summed E-state index contributed by atoms with van der Waals surface area (Å²) in [6.45, 7) is 27.1. The van der Waals surface area contributed by atoms with Crippen molar-refractivity contribution in [1.82, 2.24) is 9.55 Å². The van der Waals surface area contributed by atoms with Crippen molar-refractivity contribution in [3.63, 3.8) is 0 Å². The smallest absolute Gasteiger partial charge is 0.135 e. The van der Waals surface area contributed by atoms with Crippen molar-refractivity contribution >= 4 is 44.6 Å². The molecule has 0 fully saturated rings. The van der Waals surface area contributed by atoms with Gasteiger partial charge in [-0.3, -0.25) is 7.05 Å². The number of hydrogen-bond acceptors (Lipinski definition) is 4. The number of nitrogens with zero attached hydrogens (tertiary/aromatic N) is 3. The number of hydrogen-bond donors (Lipinski definition) is 1. The largest absolute Gasteiger partial charge is 0.515 e. The summed E-state index contributed by atoms with van der Waals surface area (Å²) in [5.74, 6) is 1.99. The fourth-order valence-electron chi connectivity index (χ4n) is 8.06. The molecular weight excluding hydrogens is 964 g/mol. The number of para-hydroxylation sites is 1. The van der Waals surface area contributed by atoms with Crippen LogP contribution in [0.25, 0.3) is 38.8 Å². The third-order valence-corrected chi connectivity index (χ3v) is 12.0. The van der Waals surface area contributed by atoms with Gasteiger partial charge in [-0.1, -0.05) is 149 Å². The average molecular weight is 1030 g/mol. The third-order valence-electron chi connectivity index (χ3n) is 12.0. The minimum absolute atomic E-state index is 0. The van der Waals surface area contributed by atoms with Gasteiger partial charge in [0.2, 0.25) is 0 Å². The van der Waals surface area contributed by atoms with Crippen molar-refractivity contribution < 1.29 is 25.8 Å². The van der Waals surface area contributed by atoms with Crippen molar-refractivity contribution in [3.8, 4) is 28.4 Å². The molecular formula is C58H61N4OPt-3. The molecule has 0 saturated carbocycles. The van der Waals surface area contributed by atoms with Crippen molar-refractivity contribution in [2.45, 2.75) is 105 Å². The molecule has 0 amide bonds. The van der Waals surface area contributed by atoms with Crippen LogP contribution in [0.2, 0.25) is 0 Å². The van der Waals surface area contributed by atoms with Gasteiger partial charge in [0.25, 0.3) is 0 Å². The normalized spacial score (nSPS) is 12.3. The van der Waals surface area contributed by atoms with Crippen molar-refractivity contribution in [2.24, 2.45) is 0 Å². The van der Waals surface area contributed by atoms with E-state index in [1.165, 1.54) is 22.3 Å². The van der Waals surface area contributed by atoms with Crippen LogP contribution >= 0.6 is 0 Å². The van der Waals surface area contributed by atoms with Gasteiger partial charge in [0.1, 0.15) is 5.82 Å². The first-order chi connectivity index (χ1) is 29.6. The quantitative estimate of drug-likeness (QED) is 0.154. The molecule has 6 aromatic carbocycles. The molecule has 0 aliphatic rings. The minimum atomic E-state index is -0.0382. The Morgan fingerprint density at radius 1 is 0.578 bits per heavy atom. The zero-order chi connectivity index (χ0) is 45.1. The van der Waals surface area contributed by atoms with E-state index >= 15 is 0 Å². The molecule has 64 heavy (non-hydrogen) atoms. The predicted octanol–water partition coefficient (Wildman–Crippen LogP) is 16.1. The van der Waals surface area contributed by atoms with Crippen LogP contribution in [0.4, 0.5) is 22.7 Å². The fourth-order valence-corrected chi connectivity index (χ4v) is 8.06. The SMILES string of the molecule is [CH2-]N(c1[c-]c(Oc2[c-]c3c(cc2)c2cc(C(C)(C)C)ccc2n3-c2cc(C(C)(C)C)ccn2)ccc1)c1cccc(-c2ccccc2)c1Nc1cc(C(C)(C)C)cc(C(C)(C)C)c1.[Pt]. The Labute approximate surface area is 396 Å². The maximum Gasteiger partial charge on any atom is 0.135 e. The molecule has 0 saturated heterocycles. The first kappa shape index (κ1) is 46.4. The summed E-state index contributed by atoms with van der Waals surface area (Å²) < 4.78 is 8.87. The summed E-state index contributed by atoms with van der Waals surface area (Å²) >= 11 is 0. The van der Waals surface area contributed by atoms with E-state index in [-0.39, 0.29) is 42.7 Å². The van der Waals surface area contributed by atoms with E-state index in [0.29, 0.717) is 11.5 Å². The number of nitrogens with one attached hydrogen (secondary N) is 1. The molecule has 0 bridgehead atoms. The number of pyridine rings is 1. The Balaban J connectivity index is 0.00000612. The Hall–Kier alpha value is -5.64. The Kier molecular flexibility index (Phi) is 12.6. The molecule has 2 heterocycles. The van der Waals surface area contributed by atoms with Crippen LogP contribution in [-0.4, -0.2) is 9.55 Å². The van der Waals surface area contributed by atoms with Crippen LogP contribution in [0.5, 0.6) is 11.5 Å². The summed E-state index contributed by atoms with van der Waals surface area (Å²) in [5, 5.41) is 6.15. The van der Waals surface area contributed by atoms with E-state index in [1.54, 1.807) is 0 Å². The topological polar surface area (TPSA) is 42.3 Å². The third kappa shape index (κ3) is 9.57. The number of anilines is 4. The first-order valence-electron chi connectivity index (χ1n) is 22.1. The van der Waals surface area contributed by atoms with E-state index < -0.39 is 0 Å². The van der Waals surface area contributed by atoms with E-state index in [4.69, 9.17) is 9.72 Å². The molecule has 2 aromatic heterocycles. The molecule has 0 aliphatic carbocycles. The zero-order valence-electron chi connectivity index (χ0n) is 39.5. The number of ether oxygens (including phenoxy) is 1. The Bertz CT molecular complexity index is 2920. The molecule has 6 heteroatoms. The molecule has 332 valence electrons. The van der Waals surface area contributed by atoms with Gasteiger partial charge < -0.3 is 19.5 Å². The number of fused-ring (bicyclic) bond motifs is 3. The van der Waals surface area contributed by atoms with Gasteiger partial charge in [-0.2, -0.15) is 12.1 Å². The van der Waals surface area contributed by atoms with Crippen LogP contribution in [0.3, 0.4) is 0 Å². The van der Waals surface area contributed by atoms with E-state index in [1.807, 2.05) is 35.4 Å². The second-order valence-electron chi connectivity index (χ2n) is 21.0. The first-order valence-corrected chi connectivity index (χ1v) is 22.1. The number of aromatic nitrogens is 2. The van der Waals surface area contributed by atoms with E-state index in [2.05, 4.69) is 215 Å². The molecule has 0 atom stereocenters. The van der Waals surface area contributed by atoms with Gasteiger partial charge >= 0.3 is 0 Å². The van der Waals surface area contributed by atoms with Crippen LogP contribution in [0.1, 0.15) is 105 Å². The van der Waals surface area contributed by atoms with Crippen LogP contribution in [-0.2, 0) is 42.7 Å². The number of rotatable bonds is 8. The van der Waals surface area contributed by atoms with Crippen LogP contribution in [0, 0.1) is 19.2 Å². The van der Waals surface area contributed by atoms with Gasteiger partial charge in [0.15, 0.2) is 0 Å². The monoisotopic (exact) mass is 1020 g/mol. The van der Waals surface area contributed by atoms with Crippen LogP contribution in [0.15, 0.2) is 134 Å². The van der Waals surface area contributed by atoms with Gasteiger partial charge in [-0.25, -0.2) is 4.98 Å². The molecule has 1 N–H and O–H groups in total.